The maximum atomic E-state index is 6.03. The van der Waals surface area contributed by atoms with Gasteiger partial charge in [-0.2, -0.15) is 0 Å². The molecule has 0 atom stereocenters. The Bertz CT molecular complexity index is 393. The van der Waals surface area contributed by atoms with Crippen LogP contribution in [0.25, 0.3) is 0 Å². The molecule has 1 aromatic rings. The highest BCUT2D eigenvalue weighted by atomic mass is 35.5. The summed E-state index contributed by atoms with van der Waals surface area (Å²) in [6, 6.07) is 6.54. The summed E-state index contributed by atoms with van der Waals surface area (Å²) >= 11 is 6.03. The Hall–Kier alpha value is -0.770. The van der Waals surface area contributed by atoms with E-state index in [0.29, 0.717) is 0 Å². The van der Waals surface area contributed by atoms with Crippen LogP contribution in [0, 0.1) is 0 Å². The molecule has 0 aromatic heterocycles. The molecule has 18 heavy (non-hydrogen) atoms. The van der Waals surface area contributed by atoms with Gasteiger partial charge in [0.25, 0.3) is 0 Å². The number of nitrogens with zero attached hydrogens (tertiary/aromatic N) is 1. The minimum atomic E-state index is 0.760. The molecule has 1 aliphatic carbocycles. The molecule has 1 aromatic carbocycles. The van der Waals surface area contributed by atoms with Crippen molar-refractivity contribution in [1.29, 1.82) is 0 Å². The summed E-state index contributed by atoms with van der Waals surface area (Å²) in [5.74, 6) is 0.904. The smallest absolute Gasteiger partial charge is 0.123 e. The van der Waals surface area contributed by atoms with Crippen molar-refractivity contribution in [1.82, 2.24) is 10.2 Å². The zero-order chi connectivity index (χ0) is 13.0. The second-order valence-electron chi connectivity index (χ2n) is 4.92. The number of hydrogen-bond donors (Lipinski definition) is 1. The Morgan fingerprint density at radius 2 is 2.22 bits per heavy atom. The van der Waals surface area contributed by atoms with Crippen molar-refractivity contribution in [2.24, 2.45) is 0 Å². The van der Waals surface area contributed by atoms with Crippen LogP contribution in [0.5, 0.6) is 5.75 Å². The number of ether oxygens (including phenoxy) is 1. The molecule has 1 aliphatic rings. The third-order valence-electron chi connectivity index (χ3n) is 3.19. The minimum absolute atomic E-state index is 0.760. The van der Waals surface area contributed by atoms with Gasteiger partial charge in [-0.1, -0.05) is 11.6 Å². The van der Waals surface area contributed by atoms with Gasteiger partial charge in [-0.15, -0.1) is 0 Å². The van der Waals surface area contributed by atoms with Crippen molar-refractivity contribution in [2.75, 3.05) is 27.2 Å². The second-order valence-corrected chi connectivity index (χ2v) is 5.36. The number of hydrogen-bond acceptors (Lipinski definition) is 3. The Kier molecular flexibility index (Phi) is 4.87. The first-order chi connectivity index (χ1) is 8.69. The highest BCUT2D eigenvalue weighted by molar-refractivity contribution is 6.30. The van der Waals surface area contributed by atoms with E-state index in [1.165, 1.54) is 12.8 Å². The van der Waals surface area contributed by atoms with Crippen LogP contribution in [-0.2, 0) is 6.54 Å². The van der Waals surface area contributed by atoms with Crippen molar-refractivity contribution in [2.45, 2.75) is 25.4 Å². The van der Waals surface area contributed by atoms with Gasteiger partial charge in [-0.25, -0.2) is 0 Å². The standard InChI is InChI=1S/C14H21ClN2O/c1-17(8-7-16-13-4-5-13)10-11-9-12(15)3-6-14(11)18-2/h3,6,9,13,16H,4-5,7-8,10H2,1-2H3. The van der Waals surface area contributed by atoms with Crippen LogP contribution >= 0.6 is 11.6 Å². The quantitative estimate of drug-likeness (QED) is 0.823. The van der Waals surface area contributed by atoms with E-state index in [0.717, 1.165) is 42.0 Å². The number of halogens is 1. The zero-order valence-electron chi connectivity index (χ0n) is 11.1. The van der Waals surface area contributed by atoms with Crippen molar-refractivity contribution in [3.05, 3.63) is 28.8 Å². The molecule has 0 radical (unpaired) electrons. The summed E-state index contributed by atoms with van der Waals surface area (Å²) in [5, 5.41) is 4.27. The molecule has 0 aliphatic heterocycles. The summed E-state index contributed by atoms with van der Waals surface area (Å²) in [7, 11) is 3.82. The lowest BCUT2D eigenvalue weighted by atomic mass is 10.2. The summed E-state index contributed by atoms with van der Waals surface area (Å²) in [4.78, 5) is 2.28. The topological polar surface area (TPSA) is 24.5 Å². The largest absolute Gasteiger partial charge is 0.496 e. The van der Waals surface area contributed by atoms with Crippen LogP contribution in [0.15, 0.2) is 18.2 Å². The number of nitrogens with one attached hydrogen (secondary N) is 1. The molecule has 0 spiro atoms. The highest BCUT2D eigenvalue weighted by Crippen LogP contribution is 2.23. The number of likely N-dealkylation sites (N-methyl/N-ethyl adjacent to an activating group) is 1. The first-order valence-corrected chi connectivity index (χ1v) is 6.81. The van der Waals surface area contributed by atoms with Gasteiger partial charge in [0.1, 0.15) is 5.75 Å². The fourth-order valence-corrected chi connectivity index (χ4v) is 2.18. The van der Waals surface area contributed by atoms with Gasteiger partial charge in [-0.3, -0.25) is 0 Å². The van der Waals surface area contributed by atoms with Crippen LogP contribution < -0.4 is 10.1 Å². The van der Waals surface area contributed by atoms with Crippen molar-refractivity contribution >= 4 is 11.6 Å². The monoisotopic (exact) mass is 268 g/mol. The zero-order valence-corrected chi connectivity index (χ0v) is 11.8. The van der Waals surface area contributed by atoms with Crippen LogP contribution in [0.4, 0.5) is 0 Å². The normalized spacial score (nSPS) is 15.1. The molecule has 0 heterocycles. The van der Waals surface area contributed by atoms with Crippen molar-refractivity contribution in [3.8, 4) is 5.75 Å². The summed E-state index contributed by atoms with van der Waals surface area (Å²) in [6.07, 6.45) is 2.68. The average Bonchev–Trinajstić information content (AvgIpc) is 3.13. The number of rotatable bonds is 7. The fourth-order valence-electron chi connectivity index (χ4n) is 1.99. The van der Waals surface area contributed by atoms with E-state index in [1.54, 1.807) is 7.11 Å². The summed E-state index contributed by atoms with van der Waals surface area (Å²) < 4.78 is 5.35. The first-order valence-electron chi connectivity index (χ1n) is 6.43. The molecule has 0 amide bonds. The molecule has 0 unspecified atom stereocenters. The van der Waals surface area contributed by atoms with E-state index in [9.17, 15) is 0 Å². The van der Waals surface area contributed by atoms with Crippen molar-refractivity contribution < 1.29 is 4.74 Å². The molecule has 1 N–H and O–H groups in total. The van der Waals surface area contributed by atoms with Crippen LogP contribution in [-0.4, -0.2) is 38.2 Å². The Labute approximate surface area is 114 Å². The molecule has 3 nitrogen and oxygen atoms in total. The van der Waals surface area contributed by atoms with E-state index >= 15 is 0 Å². The van der Waals surface area contributed by atoms with Crippen LogP contribution in [0.1, 0.15) is 18.4 Å². The van der Waals surface area contributed by atoms with E-state index < -0.39 is 0 Å². The summed E-state index contributed by atoms with van der Waals surface area (Å²) in [6.45, 7) is 2.94. The second kappa shape index (κ2) is 6.41. The molecule has 4 heteroatoms. The molecule has 0 saturated heterocycles. The van der Waals surface area contributed by atoms with Crippen LogP contribution in [0.3, 0.4) is 0 Å². The van der Waals surface area contributed by atoms with E-state index in [-0.39, 0.29) is 0 Å². The minimum Gasteiger partial charge on any atom is -0.496 e. The summed E-state index contributed by atoms with van der Waals surface area (Å²) in [5.41, 5.74) is 1.14. The molecule has 0 bridgehead atoms. The highest BCUT2D eigenvalue weighted by Gasteiger charge is 2.19. The third kappa shape index (κ3) is 4.16. The van der Waals surface area contributed by atoms with Gasteiger partial charge in [0, 0.05) is 36.3 Å². The van der Waals surface area contributed by atoms with E-state index in [1.807, 2.05) is 18.2 Å². The lowest BCUT2D eigenvalue weighted by Gasteiger charge is -2.18. The maximum absolute atomic E-state index is 6.03. The predicted octanol–water partition coefficient (Wildman–Crippen LogP) is 2.53. The lowest BCUT2D eigenvalue weighted by Crippen LogP contribution is -2.30. The Balaban J connectivity index is 1.84. The molecule has 1 saturated carbocycles. The Morgan fingerprint density at radius 1 is 1.44 bits per heavy atom. The van der Waals surface area contributed by atoms with Gasteiger partial charge in [-0.05, 0) is 38.1 Å². The molecular formula is C14H21ClN2O. The van der Waals surface area contributed by atoms with Crippen molar-refractivity contribution in [3.63, 3.8) is 0 Å². The van der Waals surface area contributed by atoms with Gasteiger partial charge < -0.3 is 15.0 Å². The molecule has 100 valence electrons. The van der Waals surface area contributed by atoms with E-state index in [4.69, 9.17) is 16.3 Å². The number of methoxy groups -OCH3 is 1. The number of benzene rings is 1. The predicted molar refractivity (Wildman–Crippen MR) is 75.4 cm³/mol. The average molecular weight is 269 g/mol. The fraction of sp³-hybridized carbons (Fsp3) is 0.571. The Morgan fingerprint density at radius 3 is 2.89 bits per heavy atom. The van der Waals surface area contributed by atoms with Gasteiger partial charge in [0.05, 0.1) is 7.11 Å². The molecule has 1 fully saturated rings. The van der Waals surface area contributed by atoms with E-state index in [2.05, 4.69) is 17.3 Å². The van der Waals surface area contributed by atoms with Crippen LogP contribution in [0.2, 0.25) is 5.02 Å². The lowest BCUT2D eigenvalue weighted by molar-refractivity contribution is 0.315. The third-order valence-corrected chi connectivity index (χ3v) is 3.42. The molecule has 2 rings (SSSR count). The SMILES string of the molecule is COc1ccc(Cl)cc1CN(C)CCNC1CC1. The maximum Gasteiger partial charge on any atom is 0.123 e. The first kappa shape index (κ1) is 13.7. The molecular weight excluding hydrogens is 248 g/mol. The van der Waals surface area contributed by atoms with Gasteiger partial charge >= 0.3 is 0 Å². The van der Waals surface area contributed by atoms with Gasteiger partial charge in [0.2, 0.25) is 0 Å². The van der Waals surface area contributed by atoms with Gasteiger partial charge in [0.15, 0.2) is 0 Å².